The van der Waals surface area contributed by atoms with Crippen LogP contribution in [0.4, 0.5) is 5.82 Å². The number of nitrogens with one attached hydrogen (secondary N) is 1. The zero-order valence-corrected chi connectivity index (χ0v) is 17.5. The normalized spacial score (nSPS) is 15.6. The summed E-state index contributed by atoms with van der Waals surface area (Å²) in [5, 5.41) is 7.88. The van der Waals surface area contributed by atoms with Crippen molar-refractivity contribution in [2.75, 3.05) is 5.32 Å². The van der Waals surface area contributed by atoms with E-state index in [0.29, 0.717) is 27.9 Å². The minimum absolute atomic E-state index is 0.338. The Labute approximate surface area is 172 Å². The van der Waals surface area contributed by atoms with Crippen LogP contribution < -0.4 is 5.32 Å². The molecule has 0 aliphatic carbocycles. The number of anilines is 1. The van der Waals surface area contributed by atoms with Crippen LogP contribution in [-0.2, 0) is 22.3 Å². The largest absolute Gasteiger partial charge is 0.306 e. The summed E-state index contributed by atoms with van der Waals surface area (Å²) in [5.41, 5.74) is 3.89. The number of benzene rings is 2. The summed E-state index contributed by atoms with van der Waals surface area (Å²) in [4.78, 5) is 12.9. The van der Waals surface area contributed by atoms with Crippen molar-refractivity contribution in [2.45, 2.75) is 18.4 Å². The number of rotatable bonds is 3. The fourth-order valence-electron chi connectivity index (χ4n) is 2.98. The van der Waals surface area contributed by atoms with Gasteiger partial charge in [0.05, 0.1) is 33.5 Å². The lowest BCUT2D eigenvalue weighted by Crippen LogP contribution is -2.17. The van der Waals surface area contributed by atoms with Crippen molar-refractivity contribution in [3.05, 3.63) is 74.3 Å². The molecule has 2 heterocycles. The van der Waals surface area contributed by atoms with Crippen LogP contribution in [0.2, 0.25) is 5.02 Å². The molecule has 0 saturated carbocycles. The highest BCUT2D eigenvalue weighted by atomic mass is 79.9. The fraction of sp³-hybridized carbons (Fsp3) is 0.158. The number of carbonyl (C=O) groups excluding carboxylic acids is 1. The first kappa shape index (κ1) is 18.4. The molecule has 5 nitrogen and oxygen atoms in total. The van der Waals surface area contributed by atoms with Crippen molar-refractivity contribution in [3.8, 4) is 5.69 Å². The van der Waals surface area contributed by atoms with Gasteiger partial charge >= 0.3 is 0 Å². The third-order valence-electron chi connectivity index (χ3n) is 4.35. The minimum Gasteiger partial charge on any atom is -0.306 e. The van der Waals surface area contributed by atoms with E-state index in [9.17, 15) is 9.00 Å². The van der Waals surface area contributed by atoms with Crippen LogP contribution in [0.25, 0.3) is 5.69 Å². The molecule has 1 aromatic heterocycles. The van der Waals surface area contributed by atoms with Crippen molar-refractivity contribution in [1.29, 1.82) is 0 Å². The molecule has 1 atom stereocenters. The number of hydrogen-bond donors (Lipinski definition) is 1. The van der Waals surface area contributed by atoms with E-state index in [0.717, 1.165) is 27.0 Å². The zero-order chi connectivity index (χ0) is 19.1. The van der Waals surface area contributed by atoms with Crippen molar-refractivity contribution < 1.29 is 9.00 Å². The summed E-state index contributed by atoms with van der Waals surface area (Å²) >= 11 is 9.55. The second-order valence-electron chi connectivity index (χ2n) is 6.33. The predicted molar refractivity (Wildman–Crippen MR) is 111 cm³/mol. The number of fused-ring (bicyclic) bond motifs is 1. The van der Waals surface area contributed by atoms with Gasteiger partial charge in [0.15, 0.2) is 0 Å². The molecule has 1 N–H and O–H groups in total. The van der Waals surface area contributed by atoms with Crippen LogP contribution in [0.15, 0.2) is 46.9 Å². The average molecular weight is 465 g/mol. The number of amides is 1. The maximum absolute atomic E-state index is 12.9. The van der Waals surface area contributed by atoms with Crippen LogP contribution in [0.1, 0.15) is 27.2 Å². The van der Waals surface area contributed by atoms with Crippen LogP contribution in [0.5, 0.6) is 0 Å². The molecule has 0 radical (unpaired) electrons. The van der Waals surface area contributed by atoms with E-state index >= 15 is 0 Å². The van der Waals surface area contributed by atoms with Crippen LogP contribution >= 0.6 is 27.5 Å². The number of aryl methyl sites for hydroxylation is 1. The lowest BCUT2D eigenvalue weighted by Gasteiger charge is -2.12. The van der Waals surface area contributed by atoms with Crippen molar-refractivity contribution in [1.82, 2.24) is 9.78 Å². The maximum Gasteiger partial charge on any atom is 0.258 e. The first-order valence-corrected chi connectivity index (χ1v) is 10.9. The van der Waals surface area contributed by atoms with E-state index in [1.807, 2.05) is 31.2 Å². The van der Waals surface area contributed by atoms with Gasteiger partial charge in [-0.1, -0.05) is 45.2 Å². The van der Waals surface area contributed by atoms with E-state index < -0.39 is 10.8 Å². The number of carbonyl (C=O) groups is 1. The van der Waals surface area contributed by atoms with Gasteiger partial charge < -0.3 is 5.32 Å². The van der Waals surface area contributed by atoms with Gasteiger partial charge in [-0.2, -0.15) is 5.10 Å². The lowest BCUT2D eigenvalue weighted by molar-refractivity contribution is 0.102. The molecule has 0 spiro atoms. The first-order valence-electron chi connectivity index (χ1n) is 8.21. The molecule has 4 rings (SSSR count). The molecule has 0 bridgehead atoms. The highest BCUT2D eigenvalue weighted by molar-refractivity contribution is 9.10. The minimum atomic E-state index is -0.995. The predicted octanol–water partition coefficient (Wildman–Crippen LogP) is 4.61. The van der Waals surface area contributed by atoms with Crippen LogP contribution in [0.3, 0.4) is 0 Å². The standard InChI is InChI=1S/C19H15BrClN3O2S/c1-11-2-5-13(6-3-11)24-18(15-9-27(26)10-17(15)23-24)22-19(25)14-8-12(20)4-7-16(14)21/h2-8H,9-10H2,1H3,(H,22,25)/t27-/m1/s1. The molecule has 8 heteroatoms. The van der Waals surface area contributed by atoms with Crippen LogP contribution in [-0.4, -0.2) is 19.9 Å². The monoisotopic (exact) mass is 463 g/mol. The van der Waals surface area contributed by atoms with Gasteiger partial charge in [0.2, 0.25) is 0 Å². The van der Waals surface area contributed by atoms with Crippen LogP contribution in [0, 0.1) is 6.92 Å². The van der Waals surface area contributed by atoms with Crippen molar-refractivity contribution >= 4 is 50.1 Å². The number of halogens is 2. The smallest absolute Gasteiger partial charge is 0.258 e. The summed E-state index contributed by atoms with van der Waals surface area (Å²) in [6, 6.07) is 13.0. The third kappa shape index (κ3) is 3.59. The average Bonchev–Trinajstić information content (AvgIpc) is 3.15. The Morgan fingerprint density at radius 2 is 1.96 bits per heavy atom. The van der Waals surface area contributed by atoms with E-state index in [-0.39, 0.29) is 5.91 Å². The Balaban J connectivity index is 1.77. The van der Waals surface area contributed by atoms with Gasteiger partial charge in [-0.3, -0.25) is 9.00 Å². The van der Waals surface area contributed by atoms with Gasteiger partial charge in [-0.15, -0.1) is 0 Å². The van der Waals surface area contributed by atoms with Gasteiger partial charge in [0.25, 0.3) is 5.91 Å². The molecule has 138 valence electrons. The van der Waals surface area contributed by atoms with Gasteiger partial charge in [-0.05, 0) is 37.3 Å². The summed E-state index contributed by atoms with van der Waals surface area (Å²) in [5.74, 6) is 0.980. The molecule has 1 aliphatic heterocycles. The SMILES string of the molecule is Cc1ccc(-n2nc3c(c2NC(=O)c2cc(Br)ccc2Cl)C[S@@](=O)C3)cc1. The number of nitrogens with zero attached hydrogens (tertiary/aromatic N) is 2. The molecule has 27 heavy (non-hydrogen) atoms. The third-order valence-corrected chi connectivity index (χ3v) is 6.38. The Kier molecular flexibility index (Phi) is 4.92. The highest BCUT2D eigenvalue weighted by Gasteiger charge is 2.28. The Hall–Kier alpha value is -1.96. The van der Waals surface area contributed by atoms with Crippen molar-refractivity contribution in [2.24, 2.45) is 0 Å². The molecule has 0 unspecified atom stereocenters. The molecular weight excluding hydrogens is 450 g/mol. The molecule has 0 saturated heterocycles. The first-order chi connectivity index (χ1) is 12.9. The summed E-state index contributed by atoms with van der Waals surface area (Å²) in [6.45, 7) is 2.01. The summed E-state index contributed by atoms with van der Waals surface area (Å²) in [6.07, 6.45) is 0. The molecule has 1 aliphatic rings. The Morgan fingerprint density at radius 1 is 1.22 bits per heavy atom. The Morgan fingerprint density at radius 3 is 2.70 bits per heavy atom. The molecule has 2 aromatic carbocycles. The fourth-order valence-corrected chi connectivity index (χ4v) is 4.80. The summed E-state index contributed by atoms with van der Waals surface area (Å²) < 4.78 is 14.4. The maximum atomic E-state index is 12.9. The van der Waals surface area contributed by atoms with Gasteiger partial charge in [0.1, 0.15) is 5.82 Å². The molecule has 3 aromatic rings. The lowest BCUT2D eigenvalue weighted by atomic mass is 10.2. The van der Waals surface area contributed by atoms with E-state index in [1.165, 1.54) is 0 Å². The molecular formula is C19H15BrClN3O2S. The second kappa shape index (κ2) is 7.22. The Bertz CT molecular complexity index is 1080. The van der Waals surface area contributed by atoms with Crippen molar-refractivity contribution in [3.63, 3.8) is 0 Å². The summed E-state index contributed by atoms with van der Waals surface area (Å²) in [7, 11) is -0.995. The van der Waals surface area contributed by atoms with E-state index in [2.05, 4.69) is 26.3 Å². The molecule has 0 fully saturated rings. The highest BCUT2D eigenvalue weighted by Crippen LogP contribution is 2.32. The number of hydrogen-bond acceptors (Lipinski definition) is 3. The van der Waals surface area contributed by atoms with E-state index in [4.69, 9.17) is 11.6 Å². The van der Waals surface area contributed by atoms with E-state index in [1.54, 1.807) is 22.9 Å². The topological polar surface area (TPSA) is 64.0 Å². The zero-order valence-electron chi connectivity index (χ0n) is 14.3. The quantitative estimate of drug-likeness (QED) is 0.615. The van der Waals surface area contributed by atoms with Gasteiger partial charge in [0, 0.05) is 20.8 Å². The number of aromatic nitrogens is 2. The van der Waals surface area contributed by atoms with Gasteiger partial charge in [-0.25, -0.2) is 4.68 Å². The molecule has 1 amide bonds. The second-order valence-corrected chi connectivity index (χ2v) is 9.11.